The SMILES string of the molecule is O=C(NC1CCc2ccccc2NC1=O)c1nc(-c2ccccc2)c(Cl)cc1Cl. The van der Waals surface area contributed by atoms with Crippen LogP contribution in [0.2, 0.25) is 10.0 Å². The van der Waals surface area contributed by atoms with Crippen LogP contribution in [0.1, 0.15) is 22.5 Å². The van der Waals surface area contributed by atoms with Gasteiger partial charge in [0.05, 0.1) is 15.7 Å². The molecule has 0 bridgehead atoms. The van der Waals surface area contributed by atoms with Crippen molar-refractivity contribution in [2.24, 2.45) is 0 Å². The summed E-state index contributed by atoms with van der Waals surface area (Å²) in [7, 11) is 0. The van der Waals surface area contributed by atoms with E-state index in [2.05, 4.69) is 15.6 Å². The lowest BCUT2D eigenvalue weighted by atomic mass is 10.1. The monoisotopic (exact) mass is 425 g/mol. The Morgan fingerprint density at radius 2 is 1.76 bits per heavy atom. The molecule has 7 heteroatoms. The van der Waals surface area contributed by atoms with E-state index < -0.39 is 11.9 Å². The smallest absolute Gasteiger partial charge is 0.272 e. The molecule has 1 aliphatic rings. The zero-order chi connectivity index (χ0) is 20.4. The van der Waals surface area contributed by atoms with Crippen molar-refractivity contribution in [1.82, 2.24) is 10.3 Å². The summed E-state index contributed by atoms with van der Waals surface area (Å²) in [4.78, 5) is 29.8. The van der Waals surface area contributed by atoms with Crippen LogP contribution in [0.25, 0.3) is 11.3 Å². The topological polar surface area (TPSA) is 71.1 Å². The van der Waals surface area contributed by atoms with Crippen molar-refractivity contribution in [3.63, 3.8) is 0 Å². The van der Waals surface area contributed by atoms with E-state index in [4.69, 9.17) is 23.2 Å². The molecule has 3 aromatic rings. The number of anilines is 1. The normalized spacial score (nSPS) is 15.8. The van der Waals surface area contributed by atoms with Gasteiger partial charge >= 0.3 is 0 Å². The summed E-state index contributed by atoms with van der Waals surface area (Å²) in [5.74, 6) is -0.786. The summed E-state index contributed by atoms with van der Waals surface area (Å²) in [6, 6.07) is 17.7. The van der Waals surface area contributed by atoms with Crippen LogP contribution in [-0.2, 0) is 11.2 Å². The number of carbonyl (C=O) groups excluding carboxylic acids is 2. The molecule has 0 spiro atoms. The maximum Gasteiger partial charge on any atom is 0.272 e. The van der Waals surface area contributed by atoms with Gasteiger partial charge in [-0.05, 0) is 30.5 Å². The molecule has 1 atom stereocenters. The number of nitrogens with zero attached hydrogens (tertiary/aromatic N) is 1. The predicted molar refractivity (Wildman–Crippen MR) is 114 cm³/mol. The summed E-state index contributed by atoms with van der Waals surface area (Å²) in [5, 5.41) is 6.10. The highest BCUT2D eigenvalue weighted by molar-refractivity contribution is 6.37. The molecular formula is C22H17Cl2N3O2. The Hall–Kier alpha value is -2.89. The molecule has 0 saturated heterocycles. The first kappa shape index (κ1) is 19.4. The molecule has 1 unspecified atom stereocenters. The van der Waals surface area contributed by atoms with Crippen molar-refractivity contribution in [3.8, 4) is 11.3 Å². The van der Waals surface area contributed by atoms with Gasteiger partial charge in [0.1, 0.15) is 11.7 Å². The molecule has 2 aromatic carbocycles. The fourth-order valence-electron chi connectivity index (χ4n) is 3.30. The lowest BCUT2D eigenvalue weighted by molar-refractivity contribution is -0.118. The molecule has 29 heavy (non-hydrogen) atoms. The third-order valence-electron chi connectivity index (χ3n) is 4.79. The maximum atomic E-state index is 12.9. The van der Waals surface area contributed by atoms with Gasteiger partial charge in [-0.15, -0.1) is 0 Å². The van der Waals surface area contributed by atoms with Crippen LogP contribution in [0.4, 0.5) is 5.69 Å². The van der Waals surface area contributed by atoms with Crippen molar-refractivity contribution in [3.05, 3.63) is 82.0 Å². The minimum atomic E-state index is -0.691. The van der Waals surface area contributed by atoms with Gasteiger partial charge in [0.25, 0.3) is 5.91 Å². The third kappa shape index (κ3) is 4.11. The van der Waals surface area contributed by atoms with E-state index in [1.54, 1.807) is 0 Å². The summed E-state index contributed by atoms with van der Waals surface area (Å²) in [6.07, 6.45) is 1.14. The number of aromatic nitrogens is 1. The van der Waals surface area contributed by atoms with Crippen LogP contribution in [0, 0.1) is 0 Å². The minimum absolute atomic E-state index is 0.0319. The molecule has 5 nitrogen and oxygen atoms in total. The number of rotatable bonds is 3. The fraction of sp³-hybridized carbons (Fsp3) is 0.136. The Balaban J connectivity index is 1.58. The number of nitrogens with one attached hydrogen (secondary N) is 2. The molecule has 0 saturated carbocycles. The van der Waals surface area contributed by atoms with Gasteiger partial charge in [-0.25, -0.2) is 4.98 Å². The number of aryl methyl sites for hydroxylation is 1. The molecular weight excluding hydrogens is 409 g/mol. The van der Waals surface area contributed by atoms with Crippen LogP contribution in [0.3, 0.4) is 0 Å². The van der Waals surface area contributed by atoms with Gasteiger partial charge in [0, 0.05) is 11.3 Å². The van der Waals surface area contributed by atoms with E-state index in [1.165, 1.54) is 6.07 Å². The lowest BCUT2D eigenvalue weighted by Crippen LogP contribution is -2.43. The summed E-state index contributed by atoms with van der Waals surface area (Å²) < 4.78 is 0. The number of pyridine rings is 1. The predicted octanol–water partition coefficient (Wildman–Crippen LogP) is 4.74. The van der Waals surface area contributed by atoms with Crippen LogP contribution in [0.15, 0.2) is 60.7 Å². The fourth-order valence-corrected chi connectivity index (χ4v) is 3.85. The molecule has 2 N–H and O–H groups in total. The molecule has 146 valence electrons. The Morgan fingerprint density at radius 1 is 1.03 bits per heavy atom. The molecule has 2 heterocycles. The van der Waals surface area contributed by atoms with Crippen LogP contribution >= 0.6 is 23.2 Å². The molecule has 2 amide bonds. The third-order valence-corrected chi connectivity index (χ3v) is 5.37. The molecule has 0 aliphatic carbocycles. The standard InChI is InChI=1S/C22H17Cl2N3O2/c23-15-12-16(24)20(27-19(15)14-7-2-1-3-8-14)22(29)26-18-11-10-13-6-4-5-9-17(13)25-21(18)28/h1-9,12,18H,10-11H2,(H,25,28)(H,26,29). The Kier molecular flexibility index (Phi) is 5.51. The Morgan fingerprint density at radius 3 is 2.55 bits per heavy atom. The van der Waals surface area contributed by atoms with E-state index in [0.717, 1.165) is 16.8 Å². The maximum absolute atomic E-state index is 12.9. The average Bonchev–Trinajstić information content (AvgIpc) is 2.87. The number of para-hydroxylation sites is 1. The second-order valence-corrected chi connectivity index (χ2v) is 7.54. The van der Waals surface area contributed by atoms with Crippen LogP contribution in [-0.4, -0.2) is 22.8 Å². The van der Waals surface area contributed by atoms with Crippen molar-refractivity contribution < 1.29 is 9.59 Å². The molecule has 1 aliphatic heterocycles. The average molecular weight is 426 g/mol. The second-order valence-electron chi connectivity index (χ2n) is 6.73. The number of hydrogen-bond donors (Lipinski definition) is 2. The number of halogens is 2. The van der Waals surface area contributed by atoms with E-state index in [-0.39, 0.29) is 16.6 Å². The van der Waals surface area contributed by atoms with Gasteiger partial charge in [0.2, 0.25) is 5.91 Å². The van der Waals surface area contributed by atoms with Gasteiger partial charge in [-0.1, -0.05) is 71.7 Å². The van der Waals surface area contributed by atoms with E-state index >= 15 is 0 Å². The Labute approximate surface area is 178 Å². The van der Waals surface area contributed by atoms with Crippen molar-refractivity contribution in [2.45, 2.75) is 18.9 Å². The van der Waals surface area contributed by atoms with Crippen molar-refractivity contribution >= 4 is 40.7 Å². The quantitative estimate of drug-likeness (QED) is 0.636. The zero-order valence-electron chi connectivity index (χ0n) is 15.3. The number of carbonyl (C=O) groups is 2. The van der Waals surface area contributed by atoms with Crippen LogP contribution in [0.5, 0.6) is 0 Å². The van der Waals surface area contributed by atoms with Crippen molar-refractivity contribution in [2.75, 3.05) is 5.32 Å². The van der Waals surface area contributed by atoms with E-state index in [1.807, 2.05) is 54.6 Å². The van der Waals surface area contributed by atoms with E-state index in [0.29, 0.717) is 23.6 Å². The van der Waals surface area contributed by atoms with Gasteiger partial charge in [-0.3, -0.25) is 9.59 Å². The summed E-state index contributed by atoms with van der Waals surface area (Å²) >= 11 is 12.5. The largest absolute Gasteiger partial charge is 0.339 e. The summed E-state index contributed by atoms with van der Waals surface area (Å²) in [6.45, 7) is 0. The number of hydrogen-bond acceptors (Lipinski definition) is 3. The highest BCUT2D eigenvalue weighted by Gasteiger charge is 2.27. The highest BCUT2D eigenvalue weighted by Crippen LogP contribution is 2.30. The number of benzene rings is 2. The Bertz CT molecular complexity index is 1090. The summed E-state index contributed by atoms with van der Waals surface area (Å²) in [5.41, 5.74) is 3.06. The van der Waals surface area contributed by atoms with Crippen LogP contribution < -0.4 is 10.6 Å². The first-order valence-electron chi connectivity index (χ1n) is 9.14. The molecule has 4 rings (SSSR count). The molecule has 1 aromatic heterocycles. The lowest BCUT2D eigenvalue weighted by Gasteiger charge is -2.16. The van der Waals surface area contributed by atoms with E-state index in [9.17, 15) is 9.59 Å². The molecule has 0 fully saturated rings. The van der Waals surface area contributed by atoms with Gasteiger partial charge in [0.15, 0.2) is 0 Å². The number of fused-ring (bicyclic) bond motifs is 1. The van der Waals surface area contributed by atoms with Gasteiger partial charge < -0.3 is 10.6 Å². The highest BCUT2D eigenvalue weighted by atomic mass is 35.5. The van der Waals surface area contributed by atoms with Gasteiger partial charge in [-0.2, -0.15) is 0 Å². The zero-order valence-corrected chi connectivity index (χ0v) is 16.8. The number of amides is 2. The second kappa shape index (κ2) is 8.23. The first-order chi connectivity index (χ1) is 14.0. The van der Waals surface area contributed by atoms with Crippen molar-refractivity contribution in [1.29, 1.82) is 0 Å². The first-order valence-corrected chi connectivity index (χ1v) is 9.89. The molecule has 0 radical (unpaired) electrons. The minimum Gasteiger partial charge on any atom is -0.339 e.